The molecule has 0 aromatic carbocycles. The molecule has 1 aromatic heterocycles. The van der Waals surface area contributed by atoms with Crippen LogP contribution in [0.2, 0.25) is 0 Å². The summed E-state index contributed by atoms with van der Waals surface area (Å²) in [7, 11) is 2.19. The van der Waals surface area contributed by atoms with E-state index in [4.69, 9.17) is 0 Å². The van der Waals surface area contributed by atoms with Crippen LogP contribution >= 0.6 is 0 Å². The van der Waals surface area contributed by atoms with E-state index < -0.39 is 0 Å². The summed E-state index contributed by atoms with van der Waals surface area (Å²) in [5, 5.41) is 3.42. The van der Waals surface area contributed by atoms with Gasteiger partial charge in [0.1, 0.15) is 12.1 Å². The van der Waals surface area contributed by atoms with E-state index in [2.05, 4.69) is 27.2 Å². The van der Waals surface area contributed by atoms with Crippen molar-refractivity contribution in [2.45, 2.75) is 44.7 Å². The third-order valence-electron chi connectivity index (χ3n) is 4.06. The van der Waals surface area contributed by atoms with Gasteiger partial charge < -0.3 is 10.2 Å². The molecule has 17 heavy (non-hydrogen) atoms. The summed E-state index contributed by atoms with van der Waals surface area (Å²) < 4.78 is 0. The summed E-state index contributed by atoms with van der Waals surface area (Å²) in [5.74, 6) is 1.15. The molecule has 1 saturated carbocycles. The number of hydrogen-bond acceptors (Lipinski definition) is 4. The first-order chi connectivity index (χ1) is 8.36. The average molecular weight is 232 g/mol. The molecule has 3 rings (SSSR count). The van der Waals surface area contributed by atoms with Crippen molar-refractivity contribution in [3.8, 4) is 0 Å². The second-order valence-electron chi connectivity index (χ2n) is 5.10. The van der Waals surface area contributed by atoms with Crippen LogP contribution in [0.25, 0.3) is 0 Å². The van der Waals surface area contributed by atoms with Crippen LogP contribution in [0.3, 0.4) is 0 Å². The van der Waals surface area contributed by atoms with Crippen molar-refractivity contribution in [2.75, 3.05) is 18.5 Å². The highest BCUT2D eigenvalue weighted by Crippen LogP contribution is 2.29. The van der Waals surface area contributed by atoms with Crippen molar-refractivity contribution >= 4 is 5.82 Å². The van der Waals surface area contributed by atoms with Gasteiger partial charge in [-0.05, 0) is 12.8 Å². The Kier molecular flexibility index (Phi) is 2.97. The molecule has 0 radical (unpaired) electrons. The Labute approximate surface area is 102 Å². The van der Waals surface area contributed by atoms with Crippen molar-refractivity contribution in [1.82, 2.24) is 15.3 Å². The van der Waals surface area contributed by atoms with E-state index >= 15 is 0 Å². The second kappa shape index (κ2) is 4.61. The Balaban J connectivity index is 1.91. The fraction of sp³-hybridized carbons (Fsp3) is 0.692. The van der Waals surface area contributed by atoms with Gasteiger partial charge in [-0.2, -0.15) is 0 Å². The van der Waals surface area contributed by atoms with Gasteiger partial charge in [-0.25, -0.2) is 9.97 Å². The van der Waals surface area contributed by atoms with E-state index in [1.54, 1.807) is 6.33 Å². The number of nitrogens with zero attached hydrogens (tertiary/aromatic N) is 3. The van der Waals surface area contributed by atoms with Gasteiger partial charge in [-0.15, -0.1) is 0 Å². The van der Waals surface area contributed by atoms with Crippen LogP contribution in [0.1, 0.15) is 36.9 Å². The van der Waals surface area contributed by atoms with E-state index in [1.165, 1.54) is 36.9 Å². The van der Waals surface area contributed by atoms with E-state index in [1.807, 2.05) is 0 Å². The molecule has 1 fully saturated rings. The van der Waals surface area contributed by atoms with Crippen LogP contribution in [-0.4, -0.2) is 29.6 Å². The summed E-state index contributed by atoms with van der Waals surface area (Å²) in [5.41, 5.74) is 2.55. The molecule has 4 nitrogen and oxygen atoms in total. The van der Waals surface area contributed by atoms with Crippen LogP contribution in [0.15, 0.2) is 6.33 Å². The Hall–Kier alpha value is -1.16. The molecule has 2 aliphatic rings. The first-order valence-corrected chi connectivity index (χ1v) is 6.62. The summed E-state index contributed by atoms with van der Waals surface area (Å²) >= 11 is 0. The van der Waals surface area contributed by atoms with Crippen molar-refractivity contribution in [3.63, 3.8) is 0 Å². The van der Waals surface area contributed by atoms with Gasteiger partial charge >= 0.3 is 0 Å². The summed E-state index contributed by atoms with van der Waals surface area (Å²) in [4.78, 5) is 11.3. The van der Waals surface area contributed by atoms with Crippen LogP contribution in [-0.2, 0) is 13.0 Å². The third-order valence-corrected chi connectivity index (χ3v) is 4.06. The molecule has 1 aliphatic heterocycles. The zero-order valence-electron chi connectivity index (χ0n) is 10.4. The lowest BCUT2D eigenvalue weighted by atomic mass is 10.1. The highest BCUT2D eigenvalue weighted by molar-refractivity contribution is 5.49. The van der Waals surface area contributed by atoms with Crippen LogP contribution in [0.5, 0.6) is 0 Å². The van der Waals surface area contributed by atoms with E-state index in [9.17, 15) is 0 Å². The minimum absolute atomic E-state index is 0.677. The fourth-order valence-electron chi connectivity index (χ4n) is 3.02. The minimum atomic E-state index is 0.677. The molecular formula is C13H20N4. The molecule has 2 heterocycles. The predicted molar refractivity (Wildman–Crippen MR) is 68.1 cm³/mol. The maximum atomic E-state index is 4.51. The highest BCUT2D eigenvalue weighted by Gasteiger charge is 2.24. The zero-order chi connectivity index (χ0) is 11.7. The Morgan fingerprint density at radius 2 is 2.12 bits per heavy atom. The number of hydrogen-bond donors (Lipinski definition) is 1. The summed E-state index contributed by atoms with van der Waals surface area (Å²) in [6.45, 7) is 1.96. The molecule has 0 unspecified atom stereocenters. The first-order valence-electron chi connectivity index (χ1n) is 6.62. The van der Waals surface area contributed by atoms with Gasteiger partial charge in [0.05, 0.1) is 5.69 Å². The largest absolute Gasteiger partial charge is 0.356 e. The smallest absolute Gasteiger partial charge is 0.136 e. The summed E-state index contributed by atoms with van der Waals surface area (Å²) in [6.07, 6.45) is 8.10. The zero-order valence-corrected chi connectivity index (χ0v) is 10.4. The molecule has 0 saturated heterocycles. The number of rotatable bonds is 2. The standard InChI is InChI=1S/C13H20N4/c1-17(10-4-2-3-5-10)13-11-8-14-7-6-12(11)15-9-16-13/h9-10,14H,2-8H2,1H3. The number of anilines is 1. The molecule has 0 atom stereocenters. The van der Waals surface area contributed by atoms with E-state index in [0.717, 1.165) is 25.3 Å². The molecule has 0 bridgehead atoms. The van der Waals surface area contributed by atoms with Gasteiger partial charge in [0.2, 0.25) is 0 Å². The van der Waals surface area contributed by atoms with Crippen molar-refractivity contribution < 1.29 is 0 Å². The molecule has 1 aromatic rings. The van der Waals surface area contributed by atoms with E-state index in [0.29, 0.717) is 6.04 Å². The molecule has 4 heteroatoms. The quantitative estimate of drug-likeness (QED) is 0.839. The Morgan fingerprint density at radius 3 is 2.94 bits per heavy atom. The number of aromatic nitrogens is 2. The van der Waals surface area contributed by atoms with Gasteiger partial charge in [-0.1, -0.05) is 12.8 Å². The average Bonchev–Trinajstić information content (AvgIpc) is 2.91. The maximum absolute atomic E-state index is 4.51. The van der Waals surface area contributed by atoms with Crippen LogP contribution in [0.4, 0.5) is 5.82 Å². The van der Waals surface area contributed by atoms with Crippen LogP contribution in [0, 0.1) is 0 Å². The normalized spacial score (nSPS) is 20.3. The lowest BCUT2D eigenvalue weighted by Crippen LogP contribution is -2.33. The molecule has 0 amide bonds. The molecule has 1 aliphatic carbocycles. The van der Waals surface area contributed by atoms with Gasteiger partial charge in [0.25, 0.3) is 0 Å². The topological polar surface area (TPSA) is 41.1 Å². The second-order valence-corrected chi connectivity index (χ2v) is 5.10. The van der Waals surface area contributed by atoms with Crippen molar-refractivity contribution in [2.24, 2.45) is 0 Å². The number of nitrogens with one attached hydrogen (secondary N) is 1. The molecule has 1 N–H and O–H groups in total. The fourth-order valence-corrected chi connectivity index (χ4v) is 3.02. The molecule has 92 valence electrons. The van der Waals surface area contributed by atoms with E-state index in [-0.39, 0.29) is 0 Å². The highest BCUT2D eigenvalue weighted by atomic mass is 15.2. The lowest BCUT2D eigenvalue weighted by Gasteiger charge is -2.29. The molecular weight excluding hydrogens is 212 g/mol. The third kappa shape index (κ3) is 2.02. The SMILES string of the molecule is CN(c1ncnc2c1CNCC2)C1CCCC1. The van der Waals surface area contributed by atoms with Crippen LogP contribution < -0.4 is 10.2 Å². The van der Waals surface area contributed by atoms with Crippen molar-refractivity contribution in [1.29, 1.82) is 0 Å². The van der Waals surface area contributed by atoms with Crippen molar-refractivity contribution in [3.05, 3.63) is 17.6 Å². The van der Waals surface area contributed by atoms with Gasteiger partial charge in [0.15, 0.2) is 0 Å². The van der Waals surface area contributed by atoms with Gasteiger partial charge in [-0.3, -0.25) is 0 Å². The van der Waals surface area contributed by atoms with Gasteiger partial charge in [0, 0.05) is 38.2 Å². The Bertz CT molecular complexity index is 398. The maximum Gasteiger partial charge on any atom is 0.136 e. The summed E-state index contributed by atoms with van der Waals surface area (Å²) in [6, 6.07) is 0.677. The number of fused-ring (bicyclic) bond motifs is 1. The Morgan fingerprint density at radius 1 is 1.29 bits per heavy atom. The lowest BCUT2D eigenvalue weighted by molar-refractivity contribution is 0.603. The minimum Gasteiger partial charge on any atom is -0.356 e. The monoisotopic (exact) mass is 232 g/mol. The molecule has 0 spiro atoms. The predicted octanol–water partition coefficient (Wildman–Crippen LogP) is 1.50. The first kappa shape index (κ1) is 11.0.